The number of carbonyl (C=O) groups excluding carboxylic acids is 4. The molecule has 2 spiro atoms. The Bertz CT molecular complexity index is 999. The van der Waals surface area contributed by atoms with E-state index in [1.54, 1.807) is 0 Å². The first kappa shape index (κ1) is 20.4. The lowest BCUT2D eigenvalue weighted by Crippen LogP contribution is -2.66. The first-order valence-corrected chi connectivity index (χ1v) is 11.0. The Hall–Kier alpha value is -2.20. The summed E-state index contributed by atoms with van der Waals surface area (Å²) in [6.45, 7) is 8.66. The van der Waals surface area contributed by atoms with Gasteiger partial charge in [-0.2, -0.15) is 0 Å². The zero-order chi connectivity index (χ0) is 23.2. The zero-order valence-corrected chi connectivity index (χ0v) is 18.5. The Morgan fingerprint density at radius 1 is 1.09 bits per heavy atom. The summed E-state index contributed by atoms with van der Waals surface area (Å²) in [5, 5.41) is 12.0. The maximum atomic E-state index is 13.5. The van der Waals surface area contributed by atoms with Gasteiger partial charge in [0.05, 0.1) is 16.7 Å². The normalized spacial score (nSPS) is 54.5. The van der Waals surface area contributed by atoms with Gasteiger partial charge in [0.25, 0.3) is 0 Å². The van der Waals surface area contributed by atoms with Gasteiger partial charge >= 0.3 is 23.9 Å². The molecule has 6 fully saturated rings. The van der Waals surface area contributed by atoms with Crippen LogP contribution in [0.1, 0.15) is 47.5 Å². The number of hydrogen-bond acceptors (Lipinski definition) is 10. The molecule has 0 radical (unpaired) electrons. The number of aliphatic hydroxyl groups is 1. The SMILES string of the molecule is CC(=O)O[C@H]1C(=O)O[C@H]2O[C@@]34C(=O)O[C@@H]5C[C@@H](C(C)(C)C)[C@@]21[C@@]53C[C@@H]1OC(=O)[C@@H](C)[C@@]14O. The lowest BCUT2D eigenvalue weighted by molar-refractivity contribution is -0.238. The number of hydrogen-bond donors (Lipinski definition) is 1. The van der Waals surface area contributed by atoms with Crippen molar-refractivity contribution in [1.29, 1.82) is 0 Å². The van der Waals surface area contributed by atoms with Crippen molar-refractivity contribution in [3.8, 4) is 0 Å². The highest BCUT2D eigenvalue weighted by Crippen LogP contribution is 2.84. The van der Waals surface area contributed by atoms with Crippen LogP contribution in [0.2, 0.25) is 0 Å². The van der Waals surface area contributed by atoms with Gasteiger partial charge in [-0.1, -0.05) is 20.8 Å². The zero-order valence-electron chi connectivity index (χ0n) is 18.5. The first-order valence-electron chi connectivity index (χ1n) is 11.0. The molecule has 10 atom stereocenters. The Morgan fingerprint density at radius 3 is 2.41 bits per heavy atom. The second-order valence-electron chi connectivity index (χ2n) is 11.2. The van der Waals surface area contributed by atoms with Gasteiger partial charge in [0.2, 0.25) is 18.0 Å². The van der Waals surface area contributed by atoms with Crippen molar-refractivity contribution in [3.63, 3.8) is 0 Å². The molecular formula is C22H26O10. The van der Waals surface area contributed by atoms with E-state index in [-0.39, 0.29) is 12.3 Å². The fraction of sp³-hybridized carbons (Fsp3) is 0.818. The molecule has 4 aliphatic heterocycles. The Labute approximate surface area is 183 Å². The minimum absolute atomic E-state index is 0.0352. The number of carbonyl (C=O) groups is 4. The minimum atomic E-state index is -2.01. The van der Waals surface area contributed by atoms with Crippen molar-refractivity contribution in [3.05, 3.63) is 0 Å². The molecule has 1 N–H and O–H groups in total. The van der Waals surface area contributed by atoms with Gasteiger partial charge in [-0.25, -0.2) is 9.59 Å². The fourth-order valence-electron chi connectivity index (χ4n) is 8.35. The van der Waals surface area contributed by atoms with Gasteiger partial charge in [0, 0.05) is 13.3 Å². The van der Waals surface area contributed by atoms with Crippen molar-refractivity contribution < 1.29 is 48.0 Å². The Balaban J connectivity index is 1.67. The van der Waals surface area contributed by atoms with Crippen LogP contribution in [0.5, 0.6) is 0 Å². The molecule has 2 aliphatic carbocycles. The monoisotopic (exact) mass is 450 g/mol. The van der Waals surface area contributed by atoms with E-state index in [0.717, 1.165) is 0 Å². The average Bonchev–Trinajstić information content (AvgIpc) is 3.37. The van der Waals surface area contributed by atoms with Crippen LogP contribution >= 0.6 is 0 Å². The predicted octanol–water partition coefficient (Wildman–Crippen LogP) is 0.231. The van der Waals surface area contributed by atoms with E-state index in [4.69, 9.17) is 23.7 Å². The molecule has 10 heteroatoms. The van der Waals surface area contributed by atoms with Crippen LogP contribution in [-0.4, -0.2) is 64.8 Å². The van der Waals surface area contributed by atoms with Crippen LogP contribution in [-0.2, 0) is 42.9 Å². The summed E-state index contributed by atoms with van der Waals surface area (Å²) in [4.78, 5) is 51.0. The second kappa shape index (κ2) is 5.30. The summed E-state index contributed by atoms with van der Waals surface area (Å²) in [5.74, 6) is -4.25. The van der Waals surface area contributed by atoms with E-state index < -0.39 is 81.8 Å². The van der Waals surface area contributed by atoms with E-state index in [1.165, 1.54) is 13.8 Å². The number of ether oxygens (including phenoxy) is 5. The number of fused-ring (bicyclic) bond motifs is 1. The Morgan fingerprint density at radius 2 is 1.78 bits per heavy atom. The van der Waals surface area contributed by atoms with Crippen LogP contribution in [0.25, 0.3) is 0 Å². The van der Waals surface area contributed by atoms with Crippen molar-refractivity contribution in [1.82, 2.24) is 0 Å². The van der Waals surface area contributed by atoms with Crippen LogP contribution < -0.4 is 0 Å². The molecule has 6 rings (SSSR count). The molecular weight excluding hydrogens is 424 g/mol. The van der Waals surface area contributed by atoms with Crippen molar-refractivity contribution in [2.24, 2.45) is 28.1 Å². The third kappa shape index (κ3) is 1.63. The van der Waals surface area contributed by atoms with Gasteiger partial charge in [0.15, 0.2) is 5.60 Å². The van der Waals surface area contributed by atoms with Gasteiger partial charge in [-0.05, 0) is 24.7 Å². The third-order valence-electron chi connectivity index (χ3n) is 9.22. The number of rotatable bonds is 1. The molecule has 4 saturated heterocycles. The van der Waals surface area contributed by atoms with Crippen molar-refractivity contribution >= 4 is 23.9 Å². The first-order chi connectivity index (χ1) is 14.8. The minimum Gasteiger partial charge on any atom is -0.459 e. The molecule has 0 amide bonds. The lowest BCUT2D eigenvalue weighted by atomic mass is 9.51. The molecule has 2 saturated carbocycles. The molecule has 174 valence electrons. The maximum absolute atomic E-state index is 13.5. The standard InChI is InChI=1S/C22H26O10/c1-8-14(24)29-12-7-19-11-6-10(18(3,4)5)20(19)13(28-9(2)23)15(25)31-17(20)32-22(19,16(26)30-11)21(8,12)27/h8,10-13,17,27H,6-7H2,1-5H3/t8-,10+,11-,12+,13+,17+,19-,20+,21-,22+/m1/s1. The number of esters is 4. The van der Waals surface area contributed by atoms with E-state index in [1.807, 2.05) is 20.8 Å². The molecule has 32 heavy (non-hydrogen) atoms. The average molecular weight is 450 g/mol. The quantitative estimate of drug-likeness (QED) is 0.437. The predicted molar refractivity (Wildman–Crippen MR) is 100 cm³/mol. The third-order valence-corrected chi connectivity index (χ3v) is 9.22. The van der Waals surface area contributed by atoms with Gasteiger partial charge in [-0.3, -0.25) is 9.59 Å². The lowest BCUT2D eigenvalue weighted by Gasteiger charge is -2.47. The molecule has 10 nitrogen and oxygen atoms in total. The summed E-state index contributed by atoms with van der Waals surface area (Å²) >= 11 is 0. The van der Waals surface area contributed by atoms with Gasteiger partial charge < -0.3 is 28.8 Å². The molecule has 0 unspecified atom stereocenters. The molecule has 0 aromatic heterocycles. The highest BCUT2D eigenvalue weighted by Gasteiger charge is 3.01. The molecule has 4 heterocycles. The van der Waals surface area contributed by atoms with Gasteiger partial charge in [-0.15, -0.1) is 0 Å². The molecule has 6 aliphatic rings. The van der Waals surface area contributed by atoms with Crippen LogP contribution in [0.15, 0.2) is 0 Å². The molecule has 0 bridgehead atoms. The fourth-order valence-corrected chi connectivity index (χ4v) is 8.35. The smallest absolute Gasteiger partial charge is 0.350 e. The van der Waals surface area contributed by atoms with Crippen LogP contribution in [0, 0.1) is 28.1 Å². The summed E-state index contributed by atoms with van der Waals surface area (Å²) < 4.78 is 28.9. The summed E-state index contributed by atoms with van der Waals surface area (Å²) in [6, 6.07) is 0. The van der Waals surface area contributed by atoms with Crippen LogP contribution in [0.4, 0.5) is 0 Å². The van der Waals surface area contributed by atoms with E-state index in [2.05, 4.69) is 0 Å². The largest absolute Gasteiger partial charge is 0.459 e. The van der Waals surface area contributed by atoms with E-state index in [0.29, 0.717) is 6.42 Å². The molecule has 0 aromatic carbocycles. The van der Waals surface area contributed by atoms with E-state index >= 15 is 0 Å². The van der Waals surface area contributed by atoms with Gasteiger partial charge in [0.1, 0.15) is 12.2 Å². The summed E-state index contributed by atoms with van der Waals surface area (Å²) in [5.41, 5.74) is -6.99. The molecule has 0 aromatic rings. The highest BCUT2D eigenvalue weighted by atomic mass is 16.8. The Kier molecular flexibility index (Phi) is 3.38. The van der Waals surface area contributed by atoms with Crippen LogP contribution in [0.3, 0.4) is 0 Å². The summed E-state index contributed by atoms with van der Waals surface area (Å²) in [7, 11) is 0. The highest BCUT2D eigenvalue weighted by molar-refractivity contribution is 5.93. The van der Waals surface area contributed by atoms with Crippen molar-refractivity contribution in [2.45, 2.75) is 83.3 Å². The topological polar surface area (TPSA) is 135 Å². The second-order valence-corrected chi connectivity index (χ2v) is 11.2. The maximum Gasteiger partial charge on any atom is 0.350 e. The van der Waals surface area contributed by atoms with Crippen molar-refractivity contribution in [2.75, 3.05) is 0 Å². The van der Waals surface area contributed by atoms with E-state index in [9.17, 15) is 24.3 Å². The summed E-state index contributed by atoms with van der Waals surface area (Å²) in [6.07, 6.45) is -3.93.